The van der Waals surface area contributed by atoms with E-state index in [2.05, 4.69) is 0 Å². The molecule has 1 unspecified atom stereocenters. The first-order valence-corrected chi connectivity index (χ1v) is 3.87. The molecule has 11 heavy (non-hydrogen) atoms. The third-order valence-electron chi connectivity index (χ3n) is 1.92. The summed E-state index contributed by atoms with van der Waals surface area (Å²) in [6.45, 7) is 2.78. The predicted octanol–water partition coefficient (Wildman–Crippen LogP) is 1.07. The fourth-order valence-electron chi connectivity index (χ4n) is 1.42. The van der Waals surface area contributed by atoms with E-state index >= 15 is 0 Å². The SMILES string of the molecule is CC=CN1CCCC1C(=O)O. The van der Waals surface area contributed by atoms with E-state index in [-0.39, 0.29) is 6.04 Å². The number of allylic oxidation sites excluding steroid dienone is 1. The highest BCUT2D eigenvalue weighted by atomic mass is 16.4. The van der Waals surface area contributed by atoms with Gasteiger partial charge in [0.1, 0.15) is 6.04 Å². The van der Waals surface area contributed by atoms with Crippen LogP contribution in [0, 0.1) is 0 Å². The van der Waals surface area contributed by atoms with Crippen LogP contribution in [0.3, 0.4) is 0 Å². The van der Waals surface area contributed by atoms with E-state index in [1.807, 2.05) is 24.1 Å². The quantitative estimate of drug-likeness (QED) is 0.648. The molecule has 1 heterocycles. The predicted molar refractivity (Wildman–Crippen MR) is 42.2 cm³/mol. The van der Waals surface area contributed by atoms with E-state index in [1.165, 1.54) is 0 Å². The van der Waals surface area contributed by atoms with Gasteiger partial charge in [0.25, 0.3) is 0 Å². The van der Waals surface area contributed by atoms with Crippen molar-refractivity contribution in [3.63, 3.8) is 0 Å². The third-order valence-corrected chi connectivity index (χ3v) is 1.92. The Kier molecular flexibility index (Phi) is 2.52. The summed E-state index contributed by atoms with van der Waals surface area (Å²) in [4.78, 5) is 12.5. The summed E-state index contributed by atoms with van der Waals surface area (Å²) in [6.07, 6.45) is 5.49. The molecule has 1 aliphatic heterocycles. The Morgan fingerprint density at radius 3 is 3.00 bits per heavy atom. The van der Waals surface area contributed by atoms with Gasteiger partial charge in [-0.3, -0.25) is 0 Å². The van der Waals surface area contributed by atoms with Crippen LogP contribution < -0.4 is 0 Å². The van der Waals surface area contributed by atoms with Gasteiger partial charge in [0, 0.05) is 6.54 Å². The van der Waals surface area contributed by atoms with E-state index in [0.717, 1.165) is 19.4 Å². The van der Waals surface area contributed by atoms with Gasteiger partial charge < -0.3 is 10.0 Å². The lowest BCUT2D eigenvalue weighted by Gasteiger charge is -2.17. The number of hydrogen-bond acceptors (Lipinski definition) is 2. The van der Waals surface area contributed by atoms with Crippen molar-refractivity contribution in [2.45, 2.75) is 25.8 Å². The summed E-state index contributed by atoms with van der Waals surface area (Å²) in [5.41, 5.74) is 0. The standard InChI is InChI=1S/C8H13NO2/c1-2-5-9-6-3-4-7(9)8(10)11/h2,5,7H,3-4,6H2,1H3,(H,10,11). The molecule has 0 aromatic heterocycles. The Morgan fingerprint density at radius 2 is 2.45 bits per heavy atom. The molecule has 0 aromatic carbocycles. The lowest BCUT2D eigenvalue weighted by molar-refractivity contribution is -0.141. The Morgan fingerprint density at radius 1 is 1.73 bits per heavy atom. The van der Waals surface area contributed by atoms with Crippen LogP contribution in [0.25, 0.3) is 0 Å². The van der Waals surface area contributed by atoms with Gasteiger partial charge in [-0.15, -0.1) is 0 Å². The van der Waals surface area contributed by atoms with Crippen LogP contribution in [0.1, 0.15) is 19.8 Å². The van der Waals surface area contributed by atoms with Crippen molar-refractivity contribution in [1.82, 2.24) is 4.90 Å². The Labute approximate surface area is 66.3 Å². The van der Waals surface area contributed by atoms with Crippen LogP contribution >= 0.6 is 0 Å². The molecule has 0 radical (unpaired) electrons. The Bertz CT molecular complexity index is 177. The summed E-state index contributed by atoms with van der Waals surface area (Å²) in [5.74, 6) is -0.708. The van der Waals surface area contributed by atoms with Crippen molar-refractivity contribution in [1.29, 1.82) is 0 Å². The molecule has 1 aliphatic rings. The zero-order chi connectivity index (χ0) is 8.27. The van der Waals surface area contributed by atoms with Crippen molar-refractivity contribution in [3.8, 4) is 0 Å². The molecule has 3 nitrogen and oxygen atoms in total. The minimum absolute atomic E-state index is 0.286. The summed E-state index contributed by atoms with van der Waals surface area (Å²) >= 11 is 0. The summed E-state index contributed by atoms with van der Waals surface area (Å²) < 4.78 is 0. The molecule has 0 amide bonds. The van der Waals surface area contributed by atoms with Gasteiger partial charge in [-0.25, -0.2) is 4.79 Å². The molecule has 1 fully saturated rings. The van der Waals surface area contributed by atoms with E-state index in [1.54, 1.807) is 0 Å². The highest BCUT2D eigenvalue weighted by molar-refractivity contribution is 5.74. The van der Waals surface area contributed by atoms with E-state index in [4.69, 9.17) is 5.11 Å². The molecule has 0 aromatic rings. The number of rotatable bonds is 2. The first kappa shape index (κ1) is 8.11. The van der Waals surface area contributed by atoms with Crippen LogP contribution in [-0.4, -0.2) is 28.6 Å². The summed E-state index contributed by atoms with van der Waals surface area (Å²) in [5, 5.41) is 8.73. The van der Waals surface area contributed by atoms with Crippen LogP contribution in [0.4, 0.5) is 0 Å². The van der Waals surface area contributed by atoms with Gasteiger partial charge in [0.05, 0.1) is 0 Å². The second kappa shape index (κ2) is 3.42. The van der Waals surface area contributed by atoms with Crippen molar-refractivity contribution in [3.05, 3.63) is 12.3 Å². The van der Waals surface area contributed by atoms with Crippen molar-refractivity contribution in [2.75, 3.05) is 6.54 Å². The molecule has 1 rings (SSSR count). The van der Waals surface area contributed by atoms with Gasteiger partial charge >= 0.3 is 5.97 Å². The highest BCUT2D eigenvalue weighted by Gasteiger charge is 2.27. The van der Waals surface area contributed by atoms with E-state index < -0.39 is 5.97 Å². The number of nitrogens with zero attached hydrogens (tertiary/aromatic N) is 1. The van der Waals surface area contributed by atoms with Crippen LogP contribution in [0.15, 0.2) is 12.3 Å². The molecule has 1 N–H and O–H groups in total. The van der Waals surface area contributed by atoms with Gasteiger partial charge in [0.15, 0.2) is 0 Å². The molecule has 1 saturated heterocycles. The average molecular weight is 155 g/mol. The molecular weight excluding hydrogens is 142 g/mol. The van der Waals surface area contributed by atoms with Crippen molar-refractivity contribution < 1.29 is 9.90 Å². The first-order valence-electron chi connectivity index (χ1n) is 3.87. The first-order chi connectivity index (χ1) is 5.25. The number of hydrogen-bond donors (Lipinski definition) is 1. The van der Waals surface area contributed by atoms with Crippen LogP contribution in [-0.2, 0) is 4.79 Å². The average Bonchev–Trinajstić information content (AvgIpc) is 2.36. The van der Waals surface area contributed by atoms with Gasteiger partial charge in [0.2, 0.25) is 0 Å². The maximum atomic E-state index is 10.6. The lowest BCUT2D eigenvalue weighted by atomic mass is 10.2. The zero-order valence-electron chi connectivity index (χ0n) is 6.66. The summed E-state index contributed by atoms with van der Waals surface area (Å²) in [7, 11) is 0. The maximum Gasteiger partial charge on any atom is 0.326 e. The van der Waals surface area contributed by atoms with Gasteiger partial charge in [-0.05, 0) is 26.0 Å². The van der Waals surface area contributed by atoms with E-state index in [9.17, 15) is 4.79 Å². The zero-order valence-corrected chi connectivity index (χ0v) is 6.66. The lowest BCUT2D eigenvalue weighted by Crippen LogP contribution is -2.31. The van der Waals surface area contributed by atoms with Gasteiger partial charge in [-0.2, -0.15) is 0 Å². The molecule has 0 aliphatic carbocycles. The highest BCUT2D eigenvalue weighted by Crippen LogP contribution is 2.17. The molecule has 0 saturated carbocycles. The smallest absolute Gasteiger partial charge is 0.326 e. The molecule has 3 heteroatoms. The fourth-order valence-corrected chi connectivity index (χ4v) is 1.42. The normalized spacial score (nSPS) is 24.8. The number of aliphatic carboxylic acids is 1. The molecular formula is C8H13NO2. The minimum Gasteiger partial charge on any atom is -0.480 e. The Balaban J connectivity index is 2.57. The maximum absolute atomic E-state index is 10.6. The van der Waals surface area contributed by atoms with E-state index in [0.29, 0.717) is 0 Å². The molecule has 62 valence electrons. The molecule has 0 spiro atoms. The van der Waals surface area contributed by atoms with Crippen molar-refractivity contribution in [2.24, 2.45) is 0 Å². The van der Waals surface area contributed by atoms with Crippen LogP contribution in [0.5, 0.6) is 0 Å². The second-order valence-electron chi connectivity index (χ2n) is 2.72. The largest absolute Gasteiger partial charge is 0.480 e. The topological polar surface area (TPSA) is 40.5 Å². The molecule has 0 bridgehead atoms. The molecule has 1 atom stereocenters. The third kappa shape index (κ3) is 1.73. The van der Waals surface area contributed by atoms with Gasteiger partial charge in [-0.1, -0.05) is 6.08 Å². The second-order valence-corrected chi connectivity index (χ2v) is 2.72. The minimum atomic E-state index is -0.708. The van der Waals surface area contributed by atoms with Crippen molar-refractivity contribution >= 4 is 5.97 Å². The monoisotopic (exact) mass is 155 g/mol. The number of carboxylic acids is 1. The summed E-state index contributed by atoms with van der Waals surface area (Å²) in [6, 6.07) is -0.286. The number of carboxylic acid groups (broad SMARTS) is 1. The number of likely N-dealkylation sites (tertiary alicyclic amines) is 1. The van der Waals surface area contributed by atoms with Crippen LogP contribution in [0.2, 0.25) is 0 Å². The fraction of sp³-hybridized carbons (Fsp3) is 0.625. The Hall–Kier alpha value is -0.990. The number of carbonyl (C=O) groups is 1.